The summed E-state index contributed by atoms with van der Waals surface area (Å²) in [6.45, 7) is 3.09. The van der Waals surface area contributed by atoms with Gasteiger partial charge in [0, 0.05) is 5.56 Å². The van der Waals surface area contributed by atoms with E-state index < -0.39 is 22.0 Å². The second kappa shape index (κ2) is 8.75. The average Bonchev–Trinajstić information content (AvgIpc) is 2.65. The zero-order valence-electron chi connectivity index (χ0n) is 16.1. The van der Waals surface area contributed by atoms with E-state index in [1.54, 1.807) is 49.4 Å². The van der Waals surface area contributed by atoms with Gasteiger partial charge in [0.2, 0.25) is 10.0 Å². The van der Waals surface area contributed by atoms with E-state index in [1.807, 2.05) is 0 Å². The van der Waals surface area contributed by atoms with Crippen molar-refractivity contribution < 1.29 is 23.1 Å². The highest BCUT2D eigenvalue weighted by atomic mass is 32.2. The summed E-state index contributed by atoms with van der Waals surface area (Å²) in [7, 11) is -2.23. The summed E-state index contributed by atoms with van der Waals surface area (Å²) in [6, 6.07) is 11.8. The van der Waals surface area contributed by atoms with Gasteiger partial charge in [0.25, 0.3) is 5.91 Å². The number of aromatic hydroxyl groups is 1. The number of hydrogen-bond acceptors (Lipinski definition) is 6. The molecule has 1 amide bonds. The Kier molecular flexibility index (Phi) is 6.63. The smallest absolute Gasteiger partial charge is 0.263 e. The van der Waals surface area contributed by atoms with Crippen LogP contribution in [0.5, 0.6) is 11.5 Å². The zero-order valence-corrected chi connectivity index (χ0v) is 16.9. The Hall–Kier alpha value is -3.07. The predicted molar refractivity (Wildman–Crippen MR) is 108 cm³/mol. The molecular formula is C19H23N3O5S. The molecule has 8 nitrogen and oxygen atoms in total. The number of nitrogens with one attached hydrogen (secondary N) is 1. The summed E-state index contributed by atoms with van der Waals surface area (Å²) in [6.07, 6.45) is 1.03. The molecule has 0 bridgehead atoms. The van der Waals surface area contributed by atoms with Crippen molar-refractivity contribution in [3.63, 3.8) is 0 Å². The van der Waals surface area contributed by atoms with Crippen LogP contribution in [0.3, 0.4) is 0 Å². The van der Waals surface area contributed by atoms with E-state index in [0.29, 0.717) is 22.7 Å². The molecule has 150 valence electrons. The van der Waals surface area contributed by atoms with Crippen LogP contribution in [0, 0.1) is 0 Å². The second-order valence-corrected chi connectivity index (χ2v) is 7.98. The van der Waals surface area contributed by atoms with Crippen molar-refractivity contribution in [2.24, 2.45) is 5.10 Å². The molecule has 1 unspecified atom stereocenters. The van der Waals surface area contributed by atoms with E-state index in [9.17, 15) is 18.3 Å². The van der Waals surface area contributed by atoms with Gasteiger partial charge in [-0.15, -0.1) is 0 Å². The van der Waals surface area contributed by atoms with Crippen LogP contribution in [0.1, 0.15) is 19.4 Å². The maximum Gasteiger partial charge on any atom is 0.263 e. The topological polar surface area (TPSA) is 108 Å². The number of rotatable bonds is 7. The molecule has 1 atom stereocenters. The molecule has 2 aromatic carbocycles. The number of carbonyl (C=O) groups excluding carboxylic acids is 1. The maximum atomic E-state index is 12.5. The molecule has 0 saturated heterocycles. The molecule has 0 aliphatic rings. The minimum absolute atomic E-state index is 0.0297. The molecule has 0 fully saturated rings. The fourth-order valence-electron chi connectivity index (χ4n) is 2.61. The second-order valence-electron chi connectivity index (χ2n) is 6.12. The molecule has 2 aromatic rings. The molecule has 0 saturated carbocycles. The van der Waals surface area contributed by atoms with Crippen LogP contribution in [-0.2, 0) is 14.8 Å². The van der Waals surface area contributed by atoms with Crippen LogP contribution in [0.2, 0.25) is 0 Å². The molecule has 0 heterocycles. The molecular weight excluding hydrogens is 382 g/mol. The molecule has 0 spiro atoms. The van der Waals surface area contributed by atoms with Gasteiger partial charge in [0.15, 0.2) is 0 Å². The van der Waals surface area contributed by atoms with E-state index in [0.717, 1.165) is 10.6 Å². The quantitative estimate of drug-likeness (QED) is 0.542. The van der Waals surface area contributed by atoms with Crippen molar-refractivity contribution in [2.45, 2.75) is 19.9 Å². The van der Waals surface area contributed by atoms with E-state index in [-0.39, 0.29) is 5.75 Å². The summed E-state index contributed by atoms with van der Waals surface area (Å²) in [5, 5.41) is 13.8. The van der Waals surface area contributed by atoms with Crippen molar-refractivity contribution in [2.75, 3.05) is 17.7 Å². The van der Waals surface area contributed by atoms with Crippen molar-refractivity contribution in [3.8, 4) is 11.5 Å². The van der Waals surface area contributed by atoms with E-state index in [2.05, 4.69) is 10.5 Å². The minimum atomic E-state index is -3.74. The lowest BCUT2D eigenvalue weighted by atomic mass is 10.1. The van der Waals surface area contributed by atoms with Gasteiger partial charge >= 0.3 is 0 Å². The largest absolute Gasteiger partial charge is 0.507 e. The highest BCUT2D eigenvalue weighted by Gasteiger charge is 2.29. The van der Waals surface area contributed by atoms with Gasteiger partial charge < -0.3 is 9.84 Å². The Bertz CT molecular complexity index is 971. The number of hydrogen-bond donors (Lipinski definition) is 2. The van der Waals surface area contributed by atoms with E-state index >= 15 is 0 Å². The first kappa shape index (κ1) is 21.2. The molecule has 9 heteroatoms. The standard InChI is InChI=1S/C19H23N3O5S/c1-13(17-7-5-6-8-18(17)23)20-21-19(24)14(2)22(28(4,25)26)15-9-11-16(27-3)12-10-15/h5-12,14,23H,1-4H3,(H,21,24). The van der Waals surface area contributed by atoms with Crippen LogP contribution in [0.4, 0.5) is 5.69 Å². The summed E-state index contributed by atoms with van der Waals surface area (Å²) >= 11 is 0. The number of phenols is 1. The fraction of sp³-hybridized carbons (Fsp3) is 0.263. The summed E-state index contributed by atoms with van der Waals surface area (Å²) in [5.41, 5.74) is 3.53. The summed E-state index contributed by atoms with van der Waals surface area (Å²) in [4.78, 5) is 12.5. The van der Waals surface area contributed by atoms with Crippen molar-refractivity contribution in [3.05, 3.63) is 54.1 Å². The average molecular weight is 405 g/mol. The lowest BCUT2D eigenvalue weighted by molar-refractivity contribution is -0.121. The third kappa shape index (κ3) is 5.01. The Morgan fingerprint density at radius 1 is 1.18 bits per heavy atom. The van der Waals surface area contributed by atoms with E-state index in [1.165, 1.54) is 20.1 Å². The van der Waals surface area contributed by atoms with Gasteiger partial charge in [-0.25, -0.2) is 13.8 Å². The Morgan fingerprint density at radius 2 is 1.79 bits per heavy atom. The van der Waals surface area contributed by atoms with Crippen LogP contribution in [0.15, 0.2) is 53.6 Å². The first-order chi connectivity index (χ1) is 13.1. The number of para-hydroxylation sites is 1. The SMILES string of the molecule is COc1ccc(N(C(C)C(=O)NN=C(C)c2ccccc2O)S(C)(=O)=O)cc1. The first-order valence-electron chi connectivity index (χ1n) is 8.41. The van der Waals surface area contributed by atoms with Gasteiger partial charge in [-0.3, -0.25) is 9.10 Å². The number of sulfonamides is 1. The zero-order chi connectivity index (χ0) is 20.9. The lowest BCUT2D eigenvalue weighted by Gasteiger charge is -2.27. The van der Waals surface area contributed by atoms with Crippen LogP contribution in [-0.4, -0.2) is 44.6 Å². The number of phenolic OH excluding ortho intramolecular Hbond substituents is 1. The normalized spacial score (nSPS) is 12.9. The van der Waals surface area contributed by atoms with Crippen molar-refractivity contribution in [1.29, 1.82) is 0 Å². The van der Waals surface area contributed by atoms with Crippen molar-refractivity contribution in [1.82, 2.24) is 5.43 Å². The van der Waals surface area contributed by atoms with Gasteiger partial charge in [-0.05, 0) is 50.2 Å². The molecule has 0 aromatic heterocycles. The molecule has 28 heavy (non-hydrogen) atoms. The first-order valence-corrected chi connectivity index (χ1v) is 10.3. The highest BCUT2D eigenvalue weighted by Crippen LogP contribution is 2.24. The molecule has 2 rings (SSSR count). The Morgan fingerprint density at radius 3 is 2.32 bits per heavy atom. The predicted octanol–water partition coefficient (Wildman–Crippen LogP) is 2.10. The van der Waals surface area contributed by atoms with Gasteiger partial charge in [0.05, 0.1) is 24.8 Å². The number of methoxy groups -OCH3 is 1. The third-order valence-corrected chi connectivity index (χ3v) is 5.28. The lowest BCUT2D eigenvalue weighted by Crippen LogP contribution is -2.46. The monoisotopic (exact) mass is 405 g/mol. The van der Waals surface area contributed by atoms with E-state index in [4.69, 9.17) is 4.74 Å². The van der Waals surface area contributed by atoms with Crippen molar-refractivity contribution >= 4 is 27.3 Å². The molecule has 0 aliphatic carbocycles. The van der Waals surface area contributed by atoms with Gasteiger partial charge in [-0.2, -0.15) is 5.10 Å². The highest BCUT2D eigenvalue weighted by molar-refractivity contribution is 7.92. The fourth-order valence-corrected chi connectivity index (χ4v) is 3.78. The number of amides is 1. The molecule has 2 N–H and O–H groups in total. The van der Waals surface area contributed by atoms with Gasteiger partial charge in [-0.1, -0.05) is 12.1 Å². The number of ether oxygens (including phenoxy) is 1. The summed E-state index contributed by atoms with van der Waals surface area (Å²) in [5.74, 6) is -0.0183. The molecule has 0 aliphatic heterocycles. The van der Waals surface area contributed by atoms with Crippen LogP contribution < -0.4 is 14.5 Å². The van der Waals surface area contributed by atoms with Crippen LogP contribution >= 0.6 is 0 Å². The van der Waals surface area contributed by atoms with Gasteiger partial charge in [0.1, 0.15) is 17.5 Å². The maximum absolute atomic E-state index is 12.5. The summed E-state index contributed by atoms with van der Waals surface area (Å²) < 4.78 is 30.6. The number of nitrogens with zero attached hydrogens (tertiary/aromatic N) is 2. The molecule has 0 radical (unpaired) electrons. The number of hydrazone groups is 1. The number of carbonyl (C=O) groups is 1. The number of benzene rings is 2. The number of anilines is 1. The Balaban J connectivity index is 2.24. The Labute approximate surface area is 164 Å². The third-order valence-electron chi connectivity index (χ3n) is 4.04. The van der Waals surface area contributed by atoms with Crippen LogP contribution in [0.25, 0.3) is 0 Å². The minimum Gasteiger partial charge on any atom is -0.507 e.